The van der Waals surface area contributed by atoms with E-state index in [4.69, 9.17) is 5.11 Å². The second kappa shape index (κ2) is 6.39. The number of halogens is 8. The van der Waals surface area contributed by atoms with Gasteiger partial charge in [0.05, 0.1) is 0 Å². The SMILES string of the molecule is CC(C)=CC(=O)OCC(F)(F)C(F)(F)C(F)(F)C(F)(F)CO. The van der Waals surface area contributed by atoms with Crippen LogP contribution in [0.5, 0.6) is 0 Å². The lowest BCUT2D eigenvalue weighted by Gasteiger charge is -2.35. The number of carbonyl (C=O) groups is 1. The third-order valence-electron chi connectivity index (χ3n) is 2.31. The van der Waals surface area contributed by atoms with Crippen LogP contribution in [0.1, 0.15) is 13.8 Å². The van der Waals surface area contributed by atoms with Crippen LogP contribution in [0.25, 0.3) is 0 Å². The van der Waals surface area contributed by atoms with Gasteiger partial charge in [-0.3, -0.25) is 0 Å². The van der Waals surface area contributed by atoms with Crippen molar-refractivity contribution in [2.45, 2.75) is 37.5 Å². The molecule has 0 saturated carbocycles. The molecule has 130 valence electrons. The van der Waals surface area contributed by atoms with E-state index in [0.717, 1.165) is 0 Å². The zero-order valence-corrected chi connectivity index (χ0v) is 11.3. The Morgan fingerprint density at radius 1 is 0.955 bits per heavy atom. The molecular formula is C11H12F8O3. The minimum Gasteiger partial charge on any atom is -0.456 e. The van der Waals surface area contributed by atoms with E-state index < -0.39 is 42.9 Å². The zero-order chi connectivity index (χ0) is 18.0. The van der Waals surface area contributed by atoms with Crippen LogP contribution in [0.2, 0.25) is 0 Å². The van der Waals surface area contributed by atoms with E-state index in [1.165, 1.54) is 13.8 Å². The van der Waals surface area contributed by atoms with Crippen molar-refractivity contribution in [1.82, 2.24) is 0 Å². The fourth-order valence-corrected chi connectivity index (χ4v) is 1.09. The second-order valence-electron chi connectivity index (χ2n) is 4.55. The van der Waals surface area contributed by atoms with E-state index in [1.54, 1.807) is 0 Å². The number of allylic oxidation sites excluding steroid dienone is 1. The predicted octanol–water partition coefficient (Wildman–Crippen LogP) is 3.03. The number of hydrogen-bond acceptors (Lipinski definition) is 3. The molecular weight excluding hydrogens is 332 g/mol. The summed E-state index contributed by atoms with van der Waals surface area (Å²) >= 11 is 0. The van der Waals surface area contributed by atoms with Gasteiger partial charge in [-0.25, -0.2) is 4.79 Å². The van der Waals surface area contributed by atoms with Crippen LogP contribution in [-0.4, -0.2) is 48.0 Å². The first-order valence-electron chi connectivity index (χ1n) is 5.56. The summed E-state index contributed by atoms with van der Waals surface area (Å²) in [6.45, 7) is -2.67. The molecule has 0 saturated heterocycles. The van der Waals surface area contributed by atoms with Gasteiger partial charge in [0.1, 0.15) is 6.61 Å². The lowest BCUT2D eigenvalue weighted by atomic mass is 9.99. The highest BCUT2D eigenvalue weighted by Gasteiger charge is 2.80. The van der Waals surface area contributed by atoms with Gasteiger partial charge in [0.2, 0.25) is 0 Å². The molecule has 1 N–H and O–H groups in total. The van der Waals surface area contributed by atoms with Crippen molar-refractivity contribution >= 4 is 5.97 Å². The summed E-state index contributed by atoms with van der Waals surface area (Å²) in [4.78, 5) is 10.9. The lowest BCUT2D eigenvalue weighted by Crippen LogP contribution is -2.64. The van der Waals surface area contributed by atoms with E-state index >= 15 is 0 Å². The Morgan fingerprint density at radius 2 is 1.36 bits per heavy atom. The molecule has 22 heavy (non-hydrogen) atoms. The molecule has 0 radical (unpaired) electrons. The molecule has 0 heterocycles. The first kappa shape index (κ1) is 20.6. The van der Waals surface area contributed by atoms with Gasteiger partial charge >= 0.3 is 29.7 Å². The van der Waals surface area contributed by atoms with Crippen molar-refractivity contribution in [3.63, 3.8) is 0 Å². The van der Waals surface area contributed by atoms with Crippen LogP contribution in [0.15, 0.2) is 11.6 Å². The monoisotopic (exact) mass is 344 g/mol. The summed E-state index contributed by atoms with van der Waals surface area (Å²) in [7, 11) is 0. The maximum absolute atomic E-state index is 13.1. The van der Waals surface area contributed by atoms with Crippen molar-refractivity contribution in [3.05, 3.63) is 11.6 Å². The van der Waals surface area contributed by atoms with E-state index in [9.17, 15) is 39.9 Å². The van der Waals surface area contributed by atoms with Gasteiger partial charge in [0.15, 0.2) is 6.61 Å². The number of alkyl halides is 8. The fourth-order valence-electron chi connectivity index (χ4n) is 1.09. The molecule has 11 heteroatoms. The molecule has 0 aliphatic carbocycles. The quantitative estimate of drug-likeness (QED) is 0.439. The normalized spacial score (nSPS) is 13.8. The highest BCUT2D eigenvalue weighted by atomic mass is 19.4. The van der Waals surface area contributed by atoms with E-state index in [-0.39, 0.29) is 5.57 Å². The smallest absolute Gasteiger partial charge is 0.381 e. The molecule has 0 spiro atoms. The molecule has 0 aliphatic rings. The fraction of sp³-hybridized carbons (Fsp3) is 0.727. The average molecular weight is 344 g/mol. The van der Waals surface area contributed by atoms with E-state index in [0.29, 0.717) is 6.08 Å². The van der Waals surface area contributed by atoms with Gasteiger partial charge in [-0.1, -0.05) is 5.57 Å². The van der Waals surface area contributed by atoms with Gasteiger partial charge in [-0.05, 0) is 13.8 Å². The number of aliphatic hydroxyl groups is 1. The third kappa shape index (κ3) is 3.87. The highest BCUT2D eigenvalue weighted by molar-refractivity contribution is 5.82. The topological polar surface area (TPSA) is 46.5 Å². The standard InChI is InChI=1S/C11H12F8O3/c1-6(2)3-7(21)22-5-9(14,15)11(18,19)10(16,17)8(12,13)4-20/h3,20H,4-5H2,1-2H3. The average Bonchev–Trinajstić information content (AvgIpc) is 2.35. The molecule has 0 aliphatic heterocycles. The Balaban J connectivity index is 5.33. The van der Waals surface area contributed by atoms with Crippen molar-refractivity contribution < 1.29 is 49.8 Å². The summed E-state index contributed by atoms with van der Waals surface area (Å²) in [5, 5.41) is 7.97. The van der Waals surface area contributed by atoms with E-state index in [2.05, 4.69) is 4.74 Å². The zero-order valence-electron chi connectivity index (χ0n) is 11.3. The van der Waals surface area contributed by atoms with Crippen LogP contribution < -0.4 is 0 Å². The molecule has 3 nitrogen and oxygen atoms in total. The Hall–Kier alpha value is -1.39. The highest BCUT2D eigenvalue weighted by Crippen LogP contribution is 2.52. The summed E-state index contributed by atoms with van der Waals surface area (Å²) in [5.74, 6) is -26.3. The molecule has 0 aromatic heterocycles. The largest absolute Gasteiger partial charge is 0.456 e. The molecule has 0 bridgehead atoms. The summed E-state index contributed by atoms with van der Waals surface area (Å²) in [6, 6.07) is 0. The minimum atomic E-state index is -6.57. The first-order chi connectivity index (χ1) is 9.62. The van der Waals surface area contributed by atoms with Gasteiger partial charge < -0.3 is 9.84 Å². The minimum absolute atomic E-state index is 0.234. The van der Waals surface area contributed by atoms with Crippen LogP contribution in [0, 0.1) is 0 Å². The second-order valence-corrected chi connectivity index (χ2v) is 4.55. The number of esters is 1. The summed E-state index contributed by atoms with van der Waals surface area (Å²) in [5.41, 5.74) is 0.234. The molecule has 0 rings (SSSR count). The molecule has 0 atom stereocenters. The number of rotatable bonds is 7. The maximum Gasteiger partial charge on any atom is 0.381 e. The molecule has 0 fully saturated rings. The van der Waals surface area contributed by atoms with Crippen molar-refractivity contribution in [3.8, 4) is 0 Å². The maximum atomic E-state index is 13.1. The van der Waals surface area contributed by atoms with Crippen molar-refractivity contribution in [2.24, 2.45) is 0 Å². The van der Waals surface area contributed by atoms with Crippen LogP contribution in [0.4, 0.5) is 35.1 Å². The number of aliphatic hydroxyl groups excluding tert-OH is 1. The summed E-state index contributed by atoms with van der Waals surface area (Å²) < 4.78 is 107. The van der Waals surface area contributed by atoms with Gasteiger partial charge in [-0.15, -0.1) is 0 Å². The predicted molar refractivity (Wildman–Crippen MR) is 57.3 cm³/mol. The van der Waals surface area contributed by atoms with Gasteiger partial charge in [0.25, 0.3) is 0 Å². The van der Waals surface area contributed by atoms with Crippen LogP contribution in [-0.2, 0) is 9.53 Å². The Labute approximate surface area is 119 Å². The Kier molecular flexibility index (Phi) is 5.98. The summed E-state index contributed by atoms with van der Waals surface area (Å²) in [6.07, 6.45) is 0.606. The number of hydrogen-bond donors (Lipinski definition) is 1. The number of carbonyl (C=O) groups excluding carboxylic acids is 1. The molecule has 0 unspecified atom stereocenters. The van der Waals surface area contributed by atoms with Crippen LogP contribution >= 0.6 is 0 Å². The van der Waals surface area contributed by atoms with Gasteiger partial charge in [-0.2, -0.15) is 35.1 Å². The Bertz CT molecular complexity index is 441. The van der Waals surface area contributed by atoms with Crippen molar-refractivity contribution in [1.29, 1.82) is 0 Å². The molecule has 0 amide bonds. The van der Waals surface area contributed by atoms with Crippen LogP contribution in [0.3, 0.4) is 0 Å². The van der Waals surface area contributed by atoms with Gasteiger partial charge in [0, 0.05) is 6.08 Å². The Morgan fingerprint density at radius 3 is 1.73 bits per heavy atom. The molecule has 0 aromatic carbocycles. The third-order valence-corrected chi connectivity index (χ3v) is 2.31. The van der Waals surface area contributed by atoms with Crippen molar-refractivity contribution in [2.75, 3.05) is 13.2 Å². The van der Waals surface area contributed by atoms with E-state index in [1.807, 2.05) is 0 Å². The first-order valence-corrected chi connectivity index (χ1v) is 5.56. The number of ether oxygens (including phenoxy) is 1. The molecule has 0 aromatic rings. The lowest BCUT2D eigenvalue weighted by molar-refractivity contribution is -0.374.